The summed E-state index contributed by atoms with van der Waals surface area (Å²) in [6, 6.07) is 39.8. The van der Waals surface area contributed by atoms with Crippen LogP contribution in [0.2, 0.25) is 0 Å². The lowest BCUT2D eigenvalue weighted by Gasteiger charge is -2.20. The van der Waals surface area contributed by atoms with Gasteiger partial charge in [0.15, 0.2) is 0 Å². The first-order valence-electron chi connectivity index (χ1n) is 9.87. The molecule has 29 heavy (non-hydrogen) atoms. The lowest BCUT2D eigenvalue weighted by Crippen LogP contribution is -2.03. The molecule has 0 heterocycles. The van der Waals surface area contributed by atoms with Crippen molar-refractivity contribution in [1.29, 1.82) is 0 Å². The van der Waals surface area contributed by atoms with Crippen LogP contribution in [0.15, 0.2) is 120 Å². The fourth-order valence-corrected chi connectivity index (χ4v) is 3.57. The third kappa shape index (κ3) is 4.43. The SMILES string of the molecule is CC(=C=Nc1ccccc1C(c1ccccc1)c1ccccc1)c1ccccc1. The monoisotopic (exact) mass is 373 g/mol. The molecule has 4 aromatic carbocycles. The quantitative estimate of drug-likeness (QED) is 0.258. The second-order valence-corrected chi connectivity index (χ2v) is 7.03. The number of para-hydroxylation sites is 1. The van der Waals surface area contributed by atoms with Crippen LogP contribution >= 0.6 is 0 Å². The molecule has 1 heteroatoms. The molecule has 0 atom stereocenters. The maximum absolute atomic E-state index is 4.77. The highest BCUT2D eigenvalue weighted by molar-refractivity contribution is 5.90. The molecule has 0 amide bonds. The van der Waals surface area contributed by atoms with Gasteiger partial charge in [-0.1, -0.05) is 109 Å². The molecule has 1 nitrogen and oxygen atoms in total. The van der Waals surface area contributed by atoms with Crippen molar-refractivity contribution in [2.45, 2.75) is 12.8 Å². The third-order valence-electron chi connectivity index (χ3n) is 5.06. The van der Waals surface area contributed by atoms with Crippen LogP contribution in [-0.2, 0) is 0 Å². The fraction of sp³-hybridized carbons (Fsp3) is 0.0714. The van der Waals surface area contributed by atoms with Crippen LogP contribution < -0.4 is 0 Å². The van der Waals surface area contributed by atoms with Gasteiger partial charge in [0.25, 0.3) is 0 Å². The van der Waals surface area contributed by atoms with Crippen LogP contribution in [0.25, 0.3) is 5.57 Å². The smallest absolute Gasteiger partial charge is 0.0771 e. The van der Waals surface area contributed by atoms with Crippen LogP contribution in [0.4, 0.5) is 5.69 Å². The van der Waals surface area contributed by atoms with E-state index in [0.717, 1.165) is 16.8 Å². The highest BCUT2D eigenvalue weighted by Gasteiger charge is 2.19. The van der Waals surface area contributed by atoms with Crippen molar-refractivity contribution in [3.05, 3.63) is 138 Å². The van der Waals surface area contributed by atoms with E-state index in [0.29, 0.717) is 0 Å². The molecule has 0 aliphatic heterocycles. The van der Waals surface area contributed by atoms with Gasteiger partial charge in [-0.15, -0.1) is 0 Å². The molecule has 0 spiro atoms. The Kier molecular flexibility index (Phi) is 5.81. The first-order valence-corrected chi connectivity index (χ1v) is 9.87. The zero-order valence-corrected chi connectivity index (χ0v) is 16.5. The third-order valence-corrected chi connectivity index (χ3v) is 5.06. The molecule has 0 saturated heterocycles. The van der Waals surface area contributed by atoms with Gasteiger partial charge in [0.2, 0.25) is 0 Å². The normalized spacial score (nSPS) is 10.4. The Balaban J connectivity index is 1.83. The number of benzene rings is 4. The van der Waals surface area contributed by atoms with Crippen LogP contribution in [0.5, 0.6) is 0 Å². The minimum absolute atomic E-state index is 0.121. The molecule has 0 saturated carbocycles. The largest absolute Gasteiger partial charge is 0.206 e. The summed E-state index contributed by atoms with van der Waals surface area (Å²) in [6.07, 6.45) is 0. The molecular formula is C28H23N. The Hall–Kier alpha value is -3.67. The molecule has 0 bridgehead atoms. The standard InChI is InChI=1S/C28H23N/c1-22(23-13-5-2-6-14-23)21-29-27-20-12-11-19-26(27)28(24-15-7-3-8-16-24)25-17-9-4-10-18-25/h2-20,28H,1H3. The summed E-state index contributed by atoms with van der Waals surface area (Å²) in [4.78, 5) is 4.77. The van der Waals surface area contributed by atoms with E-state index in [-0.39, 0.29) is 5.92 Å². The van der Waals surface area contributed by atoms with Crippen molar-refractivity contribution in [1.82, 2.24) is 0 Å². The maximum atomic E-state index is 4.77. The molecule has 0 aliphatic carbocycles. The van der Waals surface area contributed by atoms with Gasteiger partial charge in [0, 0.05) is 11.5 Å². The predicted octanol–water partition coefficient (Wildman–Crippen LogP) is 7.27. The molecule has 0 N–H and O–H groups in total. The van der Waals surface area contributed by atoms with E-state index in [4.69, 9.17) is 4.99 Å². The predicted molar refractivity (Wildman–Crippen MR) is 123 cm³/mol. The summed E-state index contributed by atoms with van der Waals surface area (Å²) in [5, 5.41) is 0. The first kappa shape index (κ1) is 18.7. The fourth-order valence-electron chi connectivity index (χ4n) is 3.57. The summed E-state index contributed by atoms with van der Waals surface area (Å²) in [5.41, 5.74) is 6.79. The molecular weight excluding hydrogens is 350 g/mol. The lowest BCUT2D eigenvalue weighted by molar-refractivity contribution is 0.977. The molecule has 4 aromatic rings. The minimum Gasteiger partial charge on any atom is -0.206 e. The second-order valence-electron chi connectivity index (χ2n) is 7.03. The highest BCUT2D eigenvalue weighted by Crippen LogP contribution is 2.37. The average Bonchev–Trinajstić information content (AvgIpc) is 2.80. The van der Waals surface area contributed by atoms with Crippen molar-refractivity contribution in [2.24, 2.45) is 4.99 Å². The van der Waals surface area contributed by atoms with Gasteiger partial charge in [0.05, 0.1) is 5.69 Å². The number of hydrogen-bond donors (Lipinski definition) is 0. The van der Waals surface area contributed by atoms with Crippen molar-refractivity contribution in [3.63, 3.8) is 0 Å². The van der Waals surface area contributed by atoms with Gasteiger partial charge in [0.1, 0.15) is 0 Å². The van der Waals surface area contributed by atoms with Gasteiger partial charge < -0.3 is 0 Å². The number of nitrogens with zero attached hydrogens (tertiary/aromatic N) is 1. The van der Waals surface area contributed by atoms with E-state index in [2.05, 4.69) is 96.9 Å². The van der Waals surface area contributed by atoms with E-state index in [9.17, 15) is 0 Å². The Bertz CT molecular complexity index is 1080. The molecule has 140 valence electrons. The first-order chi connectivity index (χ1) is 14.3. The molecule has 4 rings (SSSR count). The average molecular weight is 373 g/mol. The topological polar surface area (TPSA) is 12.4 Å². The van der Waals surface area contributed by atoms with E-state index in [1.165, 1.54) is 16.7 Å². The summed E-state index contributed by atoms with van der Waals surface area (Å²) in [7, 11) is 0. The summed E-state index contributed by atoms with van der Waals surface area (Å²) in [6.45, 7) is 2.05. The molecule has 0 aliphatic rings. The lowest BCUT2D eigenvalue weighted by atomic mass is 9.84. The number of aliphatic imine (C=N–C) groups is 1. The van der Waals surface area contributed by atoms with Crippen molar-refractivity contribution >= 4 is 17.1 Å². The van der Waals surface area contributed by atoms with E-state index >= 15 is 0 Å². The van der Waals surface area contributed by atoms with Crippen LogP contribution in [-0.4, -0.2) is 5.87 Å². The number of allylic oxidation sites excluding steroid dienone is 1. The van der Waals surface area contributed by atoms with E-state index in [1.54, 1.807) is 0 Å². The molecule has 0 aromatic heterocycles. The van der Waals surface area contributed by atoms with Crippen molar-refractivity contribution in [2.75, 3.05) is 0 Å². The highest BCUT2D eigenvalue weighted by atomic mass is 14.7. The van der Waals surface area contributed by atoms with Crippen LogP contribution in [0.1, 0.15) is 35.1 Å². The van der Waals surface area contributed by atoms with E-state index < -0.39 is 0 Å². The van der Waals surface area contributed by atoms with Gasteiger partial charge in [-0.2, -0.15) is 0 Å². The Morgan fingerprint density at radius 2 is 1.10 bits per heavy atom. The molecule has 0 radical (unpaired) electrons. The van der Waals surface area contributed by atoms with Gasteiger partial charge in [-0.25, -0.2) is 4.99 Å². The zero-order chi connectivity index (χ0) is 19.9. The Morgan fingerprint density at radius 1 is 0.621 bits per heavy atom. The second kappa shape index (κ2) is 9.01. The number of rotatable bonds is 5. The maximum Gasteiger partial charge on any atom is 0.0771 e. The molecule has 0 unspecified atom stereocenters. The zero-order valence-electron chi connectivity index (χ0n) is 16.5. The molecule has 0 fully saturated rings. The summed E-state index contributed by atoms with van der Waals surface area (Å²) >= 11 is 0. The number of hydrogen-bond acceptors (Lipinski definition) is 1. The van der Waals surface area contributed by atoms with Crippen molar-refractivity contribution < 1.29 is 0 Å². The van der Waals surface area contributed by atoms with Crippen LogP contribution in [0.3, 0.4) is 0 Å². The Morgan fingerprint density at radius 3 is 1.69 bits per heavy atom. The van der Waals surface area contributed by atoms with Gasteiger partial charge >= 0.3 is 0 Å². The van der Waals surface area contributed by atoms with Gasteiger partial charge in [-0.05, 0) is 41.1 Å². The summed E-state index contributed by atoms with van der Waals surface area (Å²) in [5.74, 6) is 3.38. The van der Waals surface area contributed by atoms with Crippen molar-refractivity contribution in [3.8, 4) is 0 Å². The van der Waals surface area contributed by atoms with E-state index in [1.807, 2.05) is 31.2 Å². The van der Waals surface area contributed by atoms with Gasteiger partial charge in [-0.3, -0.25) is 0 Å². The van der Waals surface area contributed by atoms with Crippen LogP contribution in [0, 0.1) is 0 Å². The minimum atomic E-state index is 0.121. The Labute approximate surface area is 172 Å². The summed E-state index contributed by atoms with van der Waals surface area (Å²) < 4.78 is 0.